The van der Waals surface area contributed by atoms with Crippen LogP contribution in [-0.2, 0) is 4.79 Å². The van der Waals surface area contributed by atoms with Gasteiger partial charge in [0.05, 0.1) is 10.9 Å². The molecule has 6 heteroatoms. The van der Waals surface area contributed by atoms with E-state index in [1.807, 2.05) is 13.0 Å². The lowest BCUT2D eigenvalue weighted by Gasteiger charge is -2.29. The smallest absolute Gasteiger partial charge is 0.306 e. The third kappa shape index (κ3) is 2.91. The molecule has 0 spiro atoms. The first kappa shape index (κ1) is 16.5. The van der Waals surface area contributed by atoms with Gasteiger partial charge in [-0.25, -0.2) is 0 Å². The highest BCUT2D eigenvalue weighted by Gasteiger charge is 2.31. The molecule has 0 unspecified atom stereocenters. The first-order chi connectivity index (χ1) is 12.0. The number of aliphatic carboxylic acids is 1. The van der Waals surface area contributed by atoms with Gasteiger partial charge in [0.25, 0.3) is 5.91 Å². The zero-order valence-corrected chi connectivity index (χ0v) is 14.8. The molecule has 2 heterocycles. The predicted octanol–water partition coefficient (Wildman–Crippen LogP) is 4.21. The number of amides is 1. The first-order valence-electron chi connectivity index (χ1n) is 8.70. The maximum absolute atomic E-state index is 12.8. The first-order valence-corrected chi connectivity index (χ1v) is 9.08. The minimum absolute atomic E-state index is 0.168. The van der Waals surface area contributed by atoms with Gasteiger partial charge in [-0.05, 0) is 55.7 Å². The maximum Gasteiger partial charge on any atom is 0.306 e. The summed E-state index contributed by atoms with van der Waals surface area (Å²) in [5.41, 5.74) is 2.91. The van der Waals surface area contributed by atoms with Crippen LogP contribution in [0.15, 0.2) is 16.5 Å². The molecule has 2 aromatic rings. The van der Waals surface area contributed by atoms with Crippen LogP contribution in [0, 0.1) is 12.8 Å². The SMILES string of the molecule is Cc1cc(C2CC2)cc2c(Cl)c(C(=O)N3CCC(C(=O)O)CC3)oc12. The fourth-order valence-corrected chi connectivity index (χ4v) is 3.89. The van der Waals surface area contributed by atoms with Crippen molar-refractivity contribution in [1.82, 2.24) is 4.90 Å². The van der Waals surface area contributed by atoms with E-state index in [0.29, 0.717) is 42.5 Å². The number of hydrogen-bond acceptors (Lipinski definition) is 3. The topological polar surface area (TPSA) is 70.8 Å². The van der Waals surface area contributed by atoms with Crippen molar-refractivity contribution in [3.8, 4) is 0 Å². The van der Waals surface area contributed by atoms with Gasteiger partial charge >= 0.3 is 5.97 Å². The number of piperidine rings is 1. The van der Waals surface area contributed by atoms with E-state index in [1.54, 1.807) is 4.90 Å². The Morgan fingerprint density at radius 3 is 2.48 bits per heavy atom. The van der Waals surface area contributed by atoms with Crippen molar-refractivity contribution in [3.05, 3.63) is 34.0 Å². The molecule has 1 N–H and O–H groups in total. The molecule has 0 bridgehead atoms. The van der Waals surface area contributed by atoms with Crippen LogP contribution in [0.3, 0.4) is 0 Å². The minimum Gasteiger partial charge on any atom is -0.481 e. The molecule has 1 saturated heterocycles. The number of fused-ring (bicyclic) bond motifs is 1. The summed E-state index contributed by atoms with van der Waals surface area (Å²) in [5.74, 6) is -0.655. The van der Waals surface area contributed by atoms with Crippen molar-refractivity contribution in [3.63, 3.8) is 0 Å². The monoisotopic (exact) mass is 361 g/mol. The zero-order valence-electron chi connectivity index (χ0n) is 14.0. The zero-order chi connectivity index (χ0) is 17.7. The summed E-state index contributed by atoms with van der Waals surface area (Å²) in [5, 5.41) is 10.2. The molecule has 1 aromatic carbocycles. The highest BCUT2D eigenvalue weighted by Crippen LogP contribution is 2.43. The highest BCUT2D eigenvalue weighted by atomic mass is 35.5. The number of nitrogens with zero attached hydrogens (tertiary/aromatic N) is 1. The molecular formula is C19H20ClNO4. The van der Waals surface area contributed by atoms with E-state index >= 15 is 0 Å². The van der Waals surface area contributed by atoms with Crippen molar-refractivity contribution in [1.29, 1.82) is 0 Å². The Balaban J connectivity index is 1.63. The lowest BCUT2D eigenvalue weighted by atomic mass is 9.97. The van der Waals surface area contributed by atoms with Crippen LogP contribution in [0.5, 0.6) is 0 Å². The lowest BCUT2D eigenvalue weighted by Crippen LogP contribution is -2.40. The van der Waals surface area contributed by atoms with Crippen LogP contribution in [0.2, 0.25) is 5.02 Å². The molecule has 0 radical (unpaired) electrons. The van der Waals surface area contributed by atoms with Gasteiger partial charge in [-0.2, -0.15) is 0 Å². The molecule has 2 fully saturated rings. The second-order valence-electron chi connectivity index (χ2n) is 7.14. The summed E-state index contributed by atoms with van der Waals surface area (Å²) in [4.78, 5) is 25.5. The highest BCUT2D eigenvalue weighted by molar-refractivity contribution is 6.38. The van der Waals surface area contributed by atoms with Gasteiger partial charge in [0.2, 0.25) is 5.76 Å². The van der Waals surface area contributed by atoms with E-state index in [2.05, 4.69) is 6.07 Å². The van der Waals surface area contributed by atoms with E-state index in [-0.39, 0.29) is 17.6 Å². The molecule has 0 atom stereocenters. The van der Waals surface area contributed by atoms with Crippen LogP contribution in [0.1, 0.15) is 53.3 Å². The Bertz CT molecular complexity index is 860. The number of likely N-dealkylation sites (tertiary alicyclic amines) is 1. The van der Waals surface area contributed by atoms with E-state index in [0.717, 1.165) is 10.9 Å². The number of carboxylic acid groups (broad SMARTS) is 1. The van der Waals surface area contributed by atoms with Crippen molar-refractivity contribution in [2.75, 3.05) is 13.1 Å². The Morgan fingerprint density at radius 2 is 1.88 bits per heavy atom. The minimum atomic E-state index is -0.794. The average Bonchev–Trinajstić information content (AvgIpc) is 3.39. The Kier molecular flexibility index (Phi) is 3.99. The van der Waals surface area contributed by atoms with Gasteiger partial charge in [-0.3, -0.25) is 9.59 Å². The van der Waals surface area contributed by atoms with Crippen LogP contribution in [0.4, 0.5) is 0 Å². The van der Waals surface area contributed by atoms with Gasteiger partial charge in [0.15, 0.2) is 0 Å². The molecule has 2 aliphatic rings. The molecule has 1 saturated carbocycles. The van der Waals surface area contributed by atoms with Crippen molar-refractivity contribution in [2.45, 2.75) is 38.5 Å². The van der Waals surface area contributed by atoms with Gasteiger partial charge in [-0.1, -0.05) is 17.7 Å². The number of rotatable bonds is 3. The van der Waals surface area contributed by atoms with E-state index < -0.39 is 5.97 Å². The van der Waals surface area contributed by atoms with Crippen molar-refractivity contribution in [2.24, 2.45) is 5.92 Å². The molecule has 1 amide bonds. The number of benzene rings is 1. The third-order valence-corrected chi connectivity index (χ3v) is 5.69. The molecule has 25 heavy (non-hydrogen) atoms. The molecule has 5 nitrogen and oxygen atoms in total. The molecule has 1 aromatic heterocycles. The Morgan fingerprint density at radius 1 is 1.20 bits per heavy atom. The number of aryl methyl sites for hydroxylation is 1. The van der Waals surface area contributed by atoms with E-state index in [1.165, 1.54) is 18.4 Å². The summed E-state index contributed by atoms with van der Waals surface area (Å²) >= 11 is 6.48. The quantitative estimate of drug-likeness (QED) is 0.889. The molecular weight excluding hydrogens is 342 g/mol. The second kappa shape index (κ2) is 6.06. The molecule has 132 valence electrons. The van der Waals surface area contributed by atoms with Crippen molar-refractivity contribution >= 4 is 34.4 Å². The maximum atomic E-state index is 12.8. The van der Waals surface area contributed by atoms with E-state index in [4.69, 9.17) is 21.1 Å². The third-order valence-electron chi connectivity index (χ3n) is 5.31. The number of carbonyl (C=O) groups excluding carboxylic acids is 1. The normalized spacial score (nSPS) is 18.7. The van der Waals surface area contributed by atoms with Gasteiger partial charge in [0, 0.05) is 18.5 Å². The number of halogens is 1. The van der Waals surface area contributed by atoms with E-state index in [9.17, 15) is 9.59 Å². The summed E-state index contributed by atoms with van der Waals surface area (Å²) in [6.07, 6.45) is 3.32. The summed E-state index contributed by atoms with van der Waals surface area (Å²) in [6, 6.07) is 4.16. The van der Waals surface area contributed by atoms with Crippen LogP contribution in [0.25, 0.3) is 11.0 Å². The second-order valence-corrected chi connectivity index (χ2v) is 7.52. The molecule has 1 aliphatic carbocycles. The molecule has 4 rings (SSSR count). The molecule has 1 aliphatic heterocycles. The predicted molar refractivity (Wildman–Crippen MR) is 94.2 cm³/mol. The number of carboxylic acids is 1. The fraction of sp³-hybridized carbons (Fsp3) is 0.474. The number of carbonyl (C=O) groups is 2. The standard InChI is InChI=1S/C19H20ClNO4/c1-10-8-13(11-2-3-11)9-14-15(20)17(25-16(10)14)18(22)21-6-4-12(5-7-21)19(23)24/h8-9,11-12H,2-7H2,1H3,(H,23,24). The Hall–Kier alpha value is -2.01. The van der Waals surface area contributed by atoms with Gasteiger partial charge in [-0.15, -0.1) is 0 Å². The largest absolute Gasteiger partial charge is 0.481 e. The average molecular weight is 362 g/mol. The number of hydrogen-bond donors (Lipinski definition) is 1. The van der Waals surface area contributed by atoms with Gasteiger partial charge < -0.3 is 14.4 Å². The summed E-state index contributed by atoms with van der Waals surface area (Å²) < 4.78 is 5.83. The van der Waals surface area contributed by atoms with Crippen LogP contribution < -0.4 is 0 Å². The fourth-order valence-electron chi connectivity index (χ4n) is 3.63. The summed E-state index contributed by atoms with van der Waals surface area (Å²) in [6.45, 7) is 2.80. The lowest BCUT2D eigenvalue weighted by molar-refractivity contribution is -0.143. The van der Waals surface area contributed by atoms with Gasteiger partial charge in [0.1, 0.15) is 5.58 Å². The van der Waals surface area contributed by atoms with Crippen LogP contribution >= 0.6 is 11.6 Å². The Labute approximate surface area is 150 Å². The summed E-state index contributed by atoms with van der Waals surface area (Å²) in [7, 11) is 0. The van der Waals surface area contributed by atoms with Crippen molar-refractivity contribution < 1.29 is 19.1 Å². The van der Waals surface area contributed by atoms with Crippen LogP contribution in [-0.4, -0.2) is 35.0 Å². The number of furan rings is 1.